The molecular weight excluding hydrogens is 554 g/mol. The zero-order valence-corrected chi connectivity index (χ0v) is 30.4. The molecule has 266 valence electrons. The van der Waals surface area contributed by atoms with Gasteiger partial charge in [0.05, 0.1) is 18.8 Å². The van der Waals surface area contributed by atoms with E-state index in [1.54, 1.807) is 6.08 Å². The maximum Gasteiger partial charge on any atom is 0.220 e. The van der Waals surface area contributed by atoms with Crippen molar-refractivity contribution in [2.24, 2.45) is 0 Å². The third kappa shape index (κ3) is 34.0. The minimum absolute atomic E-state index is 0.0731. The highest BCUT2D eigenvalue weighted by Crippen LogP contribution is 2.16. The third-order valence-corrected chi connectivity index (χ3v) is 9.19. The van der Waals surface area contributed by atoms with Crippen LogP contribution < -0.4 is 5.32 Å². The largest absolute Gasteiger partial charge is 0.394 e. The number of carbonyl (C=O) groups is 1. The van der Waals surface area contributed by atoms with Crippen molar-refractivity contribution < 1.29 is 15.0 Å². The Bertz CT molecular complexity index is 647. The summed E-state index contributed by atoms with van der Waals surface area (Å²) in [4.78, 5) is 12.3. The van der Waals surface area contributed by atoms with Crippen LogP contribution in [0, 0.1) is 0 Å². The van der Waals surface area contributed by atoms with Gasteiger partial charge >= 0.3 is 0 Å². The minimum Gasteiger partial charge on any atom is -0.394 e. The first-order valence-corrected chi connectivity index (χ1v) is 20.1. The molecule has 45 heavy (non-hydrogen) atoms. The summed E-state index contributed by atoms with van der Waals surface area (Å²) in [6, 6.07) is -0.632. The van der Waals surface area contributed by atoms with E-state index in [4.69, 9.17) is 0 Å². The average molecular weight is 634 g/mol. The van der Waals surface area contributed by atoms with Crippen molar-refractivity contribution in [2.75, 3.05) is 6.61 Å². The van der Waals surface area contributed by atoms with Crippen molar-refractivity contribution in [3.05, 3.63) is 24.3 Å². The summed E-state index contributed by atoms with van der Waals surface area (Å²) in [7, 11) is 0. The molecular formula is C41H79NO3. The summed E-state index contributed by atoms with van der Waals surface area (Å²) in [6.45, 7) is 4.27. The second kappa shape index (κ2) is 37.3. The molecule has 0 aromatic carbocycles. The molecule has 2 unspecified atom stereocenters. The van der Waals surface area contributed by atoms with Gasteiger partial charge in [-0.1, -0.05) is 199 Å². The number of aliphatic hydroxyl groups is 2. The molecule has 0 radical (unpaired) electrons. The molecule has 0 rings (SSSR count). The van der Waals surface area contributed by atoms with E-state index >= 15 is 0 Å². The van der Waals surface area contributed by atoms with Crippen LogP contribution in [0.4, 0.5) is 0 Å². The summed E-state index contributed by atoms with van der Waals surface area (Å²) in [5.74, 6) is -0.0731. The van der Waals surface area contributed by atoms with Crippen LogP contribution in [0.3, 0.4) is 0 Å². The van der Waals surface area contributed by atoms with Crippen molar-refractivity contribution in [1.29, 1.82) is 0 Å². The Morgan fingerprint density at radius 2 is 0.867 bits per heavy atom. The molecule has 0 bridgehead atoms. The number of amides is 1. The van der Waals surface area contributed by atoms with Crippen LogP contribution in [-0.4, -0.2) is 34.9 Å². The fourth-order valence-electron chi connectivity index (χ4n) is 6.08. The molecule has 0 aliphatic carbocycles. The number of hydrogen-bond donors (Lipinski definition) is 3. The first kappa shape index (κ1) is 43.9. The molecule has 2 atom stereocenters. The van der Waals surface area contributed by atoms with Crippen LogP contribution in [0.25, 0.3) is 0 Å². The lowest BCUT2D eigenvalue weighted by molar-refractivity contribution is -0.123. The van der Waals surface area contributed by atoms with Crippen LogP contribution in [0.1, 0.15) is 213 Å². The Balaban J connectivity index is 3.50. The van der Waals surface area contributed by atoms with Crippen molar-refractivity contribution in [2.45, 2.75) is 225 Å². The number of allylic oxidation sites excluding steroid dienone is 3. The van der Waals surface area contributed by atoms with Crippen LogP contribution in [0.15, 0.2) is 24.3 Å². The van der Waals surface area contributed by atoms with E-state index in [1.165, 1.54) is 161 Å². The maximum absolute atomic E-state index is 12.3. The molecule has 0 saturated carbocycles. The highest BCUT2D eigenvalue weighted by atomic mass is 16.3. The summed E-state index contributed by atoms with van der Waals surface area (Å²) in [5.41, 5.74) is 0. The van der Waals surface area contributed by atoms with Gasteiger partial charge in [0.1, 0.15) is 0 Å². The van der Waals surface area contributed by atoms with Gasteiger partial charge in [0.25, 0.3) is 0 Å². The Hall–Kier alpha value is -1.13. The lowest BCUT2D eigenvalue weighted by atomic mass is 10.0. The highest BCUT2D eigenvalue weighted by molar-refractivity contribution is 5.76. The van der Waals surface area contributed by atoms with E-state index in [-0.39, 0.29) is 12.5 Å². The van der Waals surface area contributed by atoms with Crippen LogP contribution >= 0.6 is 0 Å². The van der Waals surface area contributed by atoms with E-state index in [9.17, 15) is 15.0 Å². The maximum atomic E-state index is 12.3. The van der Waals surface area contributed by atoms with Crippen LogP contribution in [0.5, 0.6) is 0 Å². The molecule has 0 aromatic rings. The lowest BCUT2D eigenvalue weighted by Gasteiger charge is -2.19. The third-order valence-electron chi connectivity index (χ3n) is 9.19. The molecule has 0 aliphatic rings. The highest BCUT2D eigenvalue weighted by Gasteiger charge is 2.17. The minimum atomic E-state index is -0.855. The van der Waals surface area contributed by atoms with Gasteiger partial charge in [-0.3, -0.25) is 4.79 Å². The van der Waals surface area contributed by atoms with Gasteiger partial charge in [0.15, 0.2) is 0 Å². The van der Waals surface area contributed by atoms with Crippen molar-refractivity contribution in [3.63, 3.8) is 0 Å². The Kier molecular flexibility index (Phi) is 36.4. The molecule has 4 nitrogen and oxygen atoms in total. The predicted octanol–water partition coefficient (Wildman–Crippen LogP) is 12.1. The van der Waals surface area contributed by atoms with Gasteiger partial charge in [0, 0.05) is 6.42 Å². The fourth-order valence-corrected chi connectivity index (χ4v) is 6.08. The summed E-state index contributed by atoms with van der Waals surface area (Å²) < 4.78 is 0. The van der Waals surface area contributed by atoms with Gasteiger partial charge in [-0.05, 0) is 32.1 Å². The van der Waals surface area contributed by atoms with E-state index in [2.05, 4.69) is 31.3 Å². The summed E-state index contributed by atoms with van der Waals surface area (Å²) in [5, 5.41) is 22.8. The van der Waals surface area contributed by atoms with E-state index in [1.807, 2.05) is 6.08 Å². The second-order valence-corrected chi connectivity index (χ2v) is 13.7. The second-order valence-electron chi connectivity index (χ2n) is 13.7. The molecule has 0 aliphatic heterocycles. The standard InChI is InChI=1S/C41H79NO3/c1-3-5-7-9-11-13-15-16-17-18-19-20-21-22-23-24-25-26-27-29-31-33-35-37-41(45)42-39(38-43)40(44)36-34-32-30-28-14-12-10-8-6-4-2/h14,28,34,36,39-40,43-44H,3-13,15-27,29-33,35,37-38H2,1-2H3,(H,42,45)/b28-14+,36-34+. The number of nitrogens with one attached hydrogen (secondary N) is 1. The Labute approximate surface area is 281 Å². The van der Waals surface area contributed by atoms with Gasteiger partial charge in [-0.15, -0.1) is 0 Å². The van der Waals surface area contributed by atoms with Crippen molar-refractivity contribution >= 4 is 5.91 Å². The number of aliphatic hydroxyl groups excluding tert-OH is 2. The monoisotopic (exact) mass is 634 g/mol. The normalized spacial score (nSPS) is 13.2. The van der Waals surface area contributed by atoms with Crippen LogP contribution in [-0.2, 0) is 4.79 Å². The molecule has 0 heterocycles. The Morgan fingerprint density at radius 3 is 1.29 bits per heavy atom. The number of carbonyl (C=O) groups excluding carboxylic acids is 1. The molecule has 0 spiro atoms. The van der Waals surface area contributed by atoms with Crippen molar-refractivity contribution in [1.82, 2.24) is 5.32 Å². The smallest absolute Gasteiger partial charge is 0.220 e. The zero-order chi connectivity index (χ0) is 32.9. The number of hydrogen-bond acceptors (Lipinski definition) is 3. The summed E-state index contributed by atoms with van der Waals surface area (Å²) in [6.07, 6.45) is 47.1. The van der Waals surface area contributed by atoms with E-state index in [0.717, 1.165) is 32.1 Å². The first-order valence-electron chi connectivity index (χ1n) is 20.1. The average Bonchev–Trinajstić information content (AvgIpc) is 3.04. The zero-order valence-electron chi connectivity index (χ0n) is 30.4. The predicted molar refractivity (Wildman–Crippen MR) is 198 cm³/mol. The summed E-state index contributed by atoms with van der Waals surface area (Å²) >= 11 is 0. The molecule has 4 heteroatoms. The van der Waals surface area contributed by atoms with Crippen LogP contribution in [0.2, 0.25) is 0 Å². The van der Waals surface area contributed by atoms with E-state index < -0.39 is 12.1 Å². The topological polar surface area (TPSA) is 69.6 Å². The van der Waals surface area contributed by atoms with Gasteiger partial charge in [0.2, 0.25) is 5.91 Å². The molecule has 0 aromatic heterocycles. The molecule has 0 fully saturated rings. The molecule has 1 amide bonds. The fraction of sp³-hybridized carbons (Fsp3) is 0.878. The SMILES string of the molecule is CCCCCC/C=C/CC/C=C/C(O)C(CO)NC(=O)CCCCCCCCCCCCCCCCCCCCCCCCC. The lowest BCUT2D eigenvalue weighted by Crippen LogP contribution is -2.45. The quantitative estimate of drug-likeness (QED) is 0.0475. The van der Waals surface area contributed by atoms with E-state index in [0.29, 0.717) is 6.42 Å². The first-order chi connectivity index (χ1) is 22.2. The van der Waals surface area contributed by atoms with Crippen molar-refractivity contribution in [3.8, 4) is 0 Å². The molecule has 0 saturated heterocycles. The number of unbranched alkanes of at least 4 members (excludes halogenated alkanes) is 27. The number of rotatable bonds is 36. The van der Waals surface area contributed by atoms with Gasteiger partial charge in [-0.2, -0.15) is 0 Å². The van der Waals surface area contributed by atoms with Gasteiger partial charge < -0.3 is 15.5 Å². The van der Waals surface area contributed by atoms with Gasteiger partial charge in [-0.25, -0.2) is 0 Å². The Morgan fingerprint density at radius 1 is 0.511 bits per heavy atom. The molecule has 3 N–H and O–H groups in total.